The van der Waals surface area contributed by atoms with E-state index in [4.69, 9.17) is 5.73 Å². The van der Waals surface area contributed by atoms with Gasteiger partial charge in [0, 0.05) is 12.2 Å². The second kappa shape index (κ2) is 8.15. The van der Waals surface area contributed by atoms with Crippen LogP contribution in [0.2, 0.25) is 0 Å². The predicted octanol–water partition coefficient (Wildman–Crippen LogP) is 2.98. The summed E-state index contributed by atoms with van der Waals surface area (Å²) in [6.45, 7) is 11.0. The van der Waals surface area contributed by atoms with Crippen molar-refractivity contribution in [1.82, 2.24) is 4.90 Å². The van der Waals surface area contributed by atoms with Crippen molar-refractivity contribution < 1.29 is 4.79 Å². The molecule has 0 unspecified atom stereocenters. The molecule has 1 rings (SSSR count). The molecule has 0 saturated carbocycles. The number of carbonyl (C=O) groups is 1. The number of carbonyl (C=O) groups excluding carboxylic acids is 1. The number of para-hydroxylation sites is 1. The second-order valence-electron chi connectivity index (χ2n) is 5.44. The minimum Gasteiger partial charge on any atom is -0.324 e. The topological polar surface area (TPSA) is 58.4 Å². The van der Waals surface area contributed by atoms with E-state index in [0.717, 1.165) is 30.9 Å². The van der Waals surface area contributed by atoms with Gasteiger partial charge >= 0.3 is 0 Å². The summed E-state index contributed by atoms with van der Waals surface area (Å²) >= 11 is 0. The third kappa shape index (κ3) is 4.55. The third-order valence-electron chi connectivity index (χ3n) is 4.27. The van der Waals surface area contributed by atoms with Crippen LogP contribution in [0, 0.1) is 0 Å². The van der Waals surface area contributed by atoms with Crippen LogP contribution >= 0.6 is 0 Å². The molecule has 0 radical (unpaired) electrons. The molecule has 0 saturated heterocycles. The number of anilines is 1. The van der Waals surface area contributed by atoms with Crippen LogP contribution in [0.1, 0.15) is 46.1 Å². The van der Waals surface area contributed by atoms with E-state index in [0.29, 0.717) is 12.8 Å². The van der Waals surface area contributed by atoms with Crippen molar-refractivity contribution in [1.29, 1.82) is 0 Å². The molecule has 0 heterocycles. The van der Waals surface area contributed by atoms with Crippen molar-refractivity contribution >= 4 is 11.6 Å². The number of hydrogen-bond donors (Lipinski definition) is 2. The Bertz CT molecular complexity index is 451. The van der Waals surface area contributed by atoms with E-state index in [1.807, 2.05) is 32.0 Å². The summed E-state index contributed by atoms with van der Waals surface area (Å²) in [6.07, 6.45) is 1.26. The molecule has 0 fully saturated rings. The monoisotopic (exact) mass is 291 g/mol. The molecular weight excluding hydrogens is 262 g/mol. The molecule has 0 bridgehead atoms. The molecular formula is C17H29N3O. The lowest BCUT2D eigenvalue weighted by atomic mass is 9.93. The molecule has 4 nitrogen and oxygen atoms in total. The first kappa shape index (κ1) is 17.7. The van der Waals surface area contributed by atoms with Gasteiger partial charge in [-0.1, -0.05) is 45.9 Å². The Hall–Kier alpha value is -1.39. The highest BCUT2D eigenvalue weighted by atomic mass is 16.2. The van der Waals surface area contributed by atoms with E-state index < -0.39 is 5.54 Å². The van der Waals surface area contributed by atoms with Crippen molar-refractivity contribution in [2.75, 3.05) is 18.4 Å². The first-order valence-corrected chi connectivity index (χ1v) is 7.91. The van der Waals surface area contributed by atoms with Gasteiger partial charge < -0.3 is 11.1 Å². The molecule has 1 aromatic rings. The van der Waals surface area contributed by atoms with Gasteiger partial charge in [-0.3, -0.25) is 9.69 Å². The lowest BCUT2D eigenvalue weighted by Gasteiger charge is -2.26. The van der Waals surface area contributed by atoms with Crippen molar-refractivity contribution in [2.24, 2.45) is 5.73 Å². The highest BCUT2D eigenvalue weighted by Crippen LogP contribution is 2.20. The maximum absolute atomic E-state index is 12.4. The summed E-state index contributed by atoms with van der Waals surface area (Å²) in [5.74, 6) is -0.0977. The molecule has 21 heavy (non-hydrogen) atoms. The fourth-order valence-corrected chi connectivity index (χ4v) is 2.29. The zero-order valence-corrected chi connectivity index (χ0v) is 13.8. The highest BCUT2D eigenvalue weighted by Gasteiger charge is 2.30. The summed E-state index contributed by atoms with van der Waals surface area (Å²) in [6, 6.07) is 7.95. The highest BCUT2D eigenvalue weighted by molar-refractivity contribution is 5.98. The molecule has 4 heteroatoms. The minimum absolute atomic E-state index is 0.0977. The van der Waals surface area contributed by atoms with Gasteiger partial charge in [0.1, 0.15) is 0 Å². The molecule has 1 amide bonds. The third-order valence-corrected chi connectivity index (χ3v) is 4.27. The Morgan fingerprint density at radius 1 is 1.14 bits per heavy atom. The maximum Gasteiger partial charge on any atom is 0.244 e. The first-order valence-electron chi connectivity index (χ1n) is 7.91. The van der Waals surface area contributed by atoms with Crippen molar-refractivity contribution in [2.45, 2.75) is 52.6 Å². The summed E-state index contributed by atoms with van der Waals surface area (Å²) in [7, 11) is 0. The van der Waals surface area contributed by atoms with Crippen molar-refractivity contribution in [3.63, 3.8) is 0 Å². The lowest BCUT2D eigenvalue weighted by Crippen LogP contribution is -2.50. The largest absolute Gasteiger partial charge is 0.324 e. The van der Waals surface area contributed by atoms with Crippen LogP contribution in [-0.4, -0.2) is 29.4 Å². The molecule has 3 N–H and O–H groups in total. The first-order chi connectivity index (χ1) is 10.0. The average molecular weight is 291 g/mol. The van der Waals surface area contributed by atoms with Gasteiger partial charge in [0.15, 0.2) is 0 Å². The summed E-state index contributed by atoms with van der Waals surface area (Å²) in [5, 5.41) is 3.02. The van der Waals surface area contributed by atoms with Crippen molar-refractivity contribution in [3.8, 4) is 0 Å². The van der Waals surface area contributed by atoms with E-state index in [1.54, 1.807) is 0 Å². The van der Waals surface area contributed by atoms with Gasteiger partial charge in [-0.05, 0) is 37.6 Å². The SMILES string of the molecule is CCN(CC)Cc1ccccc1NC(=O)C(N)(CC)CC. The van der Waals surface area contributed by atoms with Crippen LogP contribution in [0.5, 0.6) is 0 Å². The lowest BCUT2D eigenvalue weighted by molar-refractivity contribution is -0.121. The number of nitrogens with one attached hydrogen (secondary N) is 1. The molecule has 1 aromatic carbocycles. The number of nitrogens with zero attached hydrogens (tertiary/aromatic N) is 1. The Morgan fingerprint density at radius 2 is 1.71 bits per heavy atom. The number of benzene rings is 1. The van der Waals surface area contributed by atoms with Crippen LogP contribution in [0.4, 0.5) is 5.69 Å². The average Bonchev–Trinajstić information content (AvgIpc) is 2.53. The smallest absolute Gasteiger partial charge is 0.244 e. The fourth-order valence-electron chi connectivity index (χ4n) is 2.29. The predicted molar refractivity (Wildman–Crippen MR) is 89.2 cm³/mol. The standard InChI is InChI=1S/C17H29N3O/c1-5-17(18,6-2)16(21)19-15-12-10-9-11-14(15)13-20(7-3)8-4/h9-12H,5-8,13,18H2,1-4H3,(H,19,21). The summed E-state index contributed by atoms with van der Waals surface area (Å²) in [5.41, 5.74) is 7.38. The van der Waals surface area contributed by atoms with Gasteiger partial charge in [-0.25, -0.2) is 0 Å². The number of amides is 1. The summed E-state index contributed by atoms with van der Waals surface area (Å²) in [4.78, 5) is 14.7. The Balaban J connectivity index is 2.91. The van der Waals surface area contributed by atoms with Crippen LogP contribution in [0.3, 0.4) is 0 Å². The van der Waals surface area contributed by atoms with Gasteiger partial charge in [-0.2, -0.15) is 0 Å². The quantitative estimate of drug-likeness (QED) is 0.774. The van der Waals surface area contributed by atoms with E-state index in [1.165, 1.54) is 0 Å². The fraction of sp³-hybridized carbons (Fsp3) is 0.588. The molecule has 0 aliphatic heterocycles. The molecule has 0 aliphatic rings. The molecule has 0 spiro atoms. The van der Waals surface area contributed by atoms with Crippen LogP contribution in [-0.2, 0) is 11.3 Å². The van der Waals surface area contributed by atoms with Gasteiger partial charge in [0.2, 0.25) is 5.91 Å². The van der Waals surface area contributed by atoms with E-state index in [2.05, 4.69) is 30.1 Å². The summed E-state index contributed by atoms with van der Waals surface area (Å²) < 4.78 is 0. The van der Waals surface area contributed by atoms with Crippen LogP contribution in [0.15, 0.2) is 24.3 Å². The van der Waals surface area contributed by atoms with Crippen molar-refractivity contribution in [3.05, 3.63) is 29.8 Å². The van der Waals surface area contributed by atoms with Gasteiger partial charge in [0.05, 0.1) is 5.54 Å². The number of hydrogen-bond acceptors (Lipinski definition) is 3. The maximum atomic E-state index is 12.4. The Kier molecular flexibility index (Phi) is 6.85. The van der Waals surface area contributed by atoms with Crippen LogP contribution < -0.4 is 11.1 Å². The number of nitrogens with two attached hydrogens (primary N) is 1. The van der Waals surface area contributed by atoms with Gasteiger partial charge in [-0.15, -0.1) is 0 Å². The molecule has 0 aliphatic carbocycles. The Morgan fingerprint density at radius 3 is 2.24 bits per heavy atom. The second-order valence-corrected chi connectivity index (χ2v) is 5.44. The zero-order valence-electron chi connectivity index (χ0n) is 13.8. The van der Waals surface area contributed by atoms with E-state index >= 15 is 0 Å². The Labute approximate surface area is 128 Å². The molecule has 0 atom stereocenters. The molecule has 0 aromatic heterocycles. The van der Waals surface area contributed by atoms with Crippen LogP contribution in [0.25, 0.3) is 0 Å². The zero-order chi connectivity index (χ0) is 15.9. The van der Waals surface area contributed by atoms with E-state index in [-0.39, 0.29) is 5.91 Å². The molecule has 118 valence electrons. The van der Waals surface area contributed by atoms with E-state index in [9.17, 15) is 4.79 Å². The normalized spacial score (nSPS) is 11.7. The minimum atomic E-state index is -0.789. The van der Waals surface area contributed by atoms with Gasteiger partial charge in [0.25, 0.3) is 0 Å². The number of rotatable bonds is 8.